The van der Waals surface area contributed by atoms with Gasteiger partial charge in [0.05, 0.1) is 18.3 Å². The van der Waals surface area contributed by atoms with E-state index in [0.29, 0.717) is 34.6 Å². The molecule has 1 fully saturated rings. The Morgan fingerprint density at radius 1 is 1.22 bits per heavy atom. The van der Waals surface area contributed by atoms with E-state index in [2.05, 4.69) is 10.5 Å². The van der Waals surface area contributed by atoms with Gasteiger partial charge in [-0.25, -0.2) is 9.87 Å². The molecule has 1 N–H and O–H groups in total. The molecule has 0 saturated heterocycles. The first-order valence-corrected chi connectivity index (χ1v) is 10.3. The molecule has 0 spiro atoms. The topological polar surface area (TPSA) is 80.8 Å². The van der Waals surface area contributed by atoms with E-state index < -0.39 is 11.7 Å². The summed E-state index contributed by atoms with van der Waals surface area (Å²) in [5, 5.41) is 0.598. The molecule has 32 heavy (non-hydrogen) atoms. The molecule has 1 heterocycles. The highest BCUT2D eigenvalue weighted by Gasteiger charge is 2.27. The first-order valence-electron chi connectivity index (χ1n) is 10.3. The Bertz CT molecular complexity index is 1190. The zero-order valence-electron chi connectivity index (χ0n) is 18.1. The standard InChI is InChI=1S/C24H24FN3O4/c1-14-10-20-18(13-17(14)24(30)27-31-3)22(8-9-26-20)32-16-6-7-21(19(25)12-16)28(2)23(29)11-15-4-5-15/h6-10,12-13,15H,4-5,11H2,1-3H3,(H,27,30). The van der Waals surface area contributed by atoms with Gasteiger partial charge in [-0.1, -0.05) is 0 Å². The van der Waals surface area contributed by atoms with Crippen molar-refractivity contribution >= 4 is 28.4 Å². The summed E-state index contributed by atoms with van der Waals surface area (Å²) in [5.41, 5.74) is 4.28. The lowest BCUT2D eigenvalue weighted by Crippen LogP contribution is -2.27. The van der Waals surface area contributed by atoms with E-state index in [1.165, 1.54) is 24.1 Å². The van der Waals surface area contributed by atoms with E-state index in [-0.39, 0.29) is 17.3 Å². The monoisotopic (exact) mass is 437 g/mol. The van der Waals surface area contributed by atoms with E-state index >= 15 is 0 Å². The largest absolute Gasteiger partial charge is 0.456 e. The summed E-state index contributed by atoms with van der Waals surface area (Å²) in [7, 11) is 2.94. The lowest BCUT2D eigenvalue weighted by Gasteiger charge is -2.19. The molecule has 0 bridgehead atoms. The van der Waals surface area contributed by atoms with Crippen LogP contribution in [0.25, 0.3) is 10.9 Å². The Morgan fingerprint density at radius 3 is 2.69 bits per heavy atom. The minimum Gasteiger partial charge on any atom is -0.456 e. The molecule has 8 heteroatoms. The number of halogens is 1. The van der Waals surface area contributed by atoms with Gasteiger partial charge in [-0.2, -0.15) is 0 Å². The Labute approximate surface area is 185 Å². The van der Waals surface area contributed by atoms with E-state index in [9.17, 15) is 14.0 Å². The van der Waals surface area contributed by atoms with Crippen LogP contribution in [-0.2, 0) is 9.63 Å². The number of nitrogens with one attached hydrogen (secondary N) is 1. The lowest BCUT2D eigenvalue weighted by molar-refractivity contribution is -0.118. The average Bonchev–Trinajstić information content (AvgIpc) is 3.57. The Hall–Kier alpha value is -3.52. The zero-order valence-corrected chi connectivity index (χ0v) is 18.1. The number of hydrogen-bond donors (Lipinski definition) is 1. The zero-order chi connectivity index (χ0) is 22.8. The third-order valence-corrected chi connectivity index (χ3v) is 5.53. The first-order chi connectivity index (χ1) is 15.4. The molecule has 166 valence electrons. The molecule has 2 amide bonds. The van der Waals surface area contributed by atoms with Crippen LogP contribution in [0.3, 0.4) is 0 Å². The third-order valence-electron chi connectivity index (χ3n) is 5.53. The molecule has 0 unspecified atom stereocenters. The normalized spacial score (nSPS) is 13.1. The average molecular weight is 437 g/mol. The summed E-state index contributed by atoms with van der Waals surface area (Å²) in [5.74, 6) is 0.0732. The van der Waals surface area contributed by atoms with Gasteiger partial charge in [-0.15, -0.1) is 0 Å². The van der Waals surface area contributed by atoms with Gasteiger partial charge in [0.2, 0.25) is 5.91 Å². The minimum atomic E-state index is -0.552. The SMILES string of the molecule is CONC(=O)c1cc2c(Oc3ccc(N(C)C(=O)CC4CC4)c(F)c3)ccnc2cc1C. The predicted octanol–water partition coefficient (Wildman–Crippen LogP) is 4.53. The number of hydrogen-bond acceptors (Lipinski definition) is 5. The van der Waals surface area contributed by atoms with Crippen molar-refractivity contribution in [3.05, 3.63) is 59.5 Å². The summed E-state index contributed by atoms with van der Waals surface area (Å²) in [6.07, 6.45) is 4.14. The Kier molecular flexibility index (Phi) is 6.05. The van der Waals surface area contributed by atoms with Crippen molar-refractivity contribution in [2.75, 3.05) is 19.1 Å². The van der Waals surface area contributed by atoms with E-state index in [0.717, 1.165) is 18.4 Å². The van der Waals surface area contributed by atoms with Gasteiger partial charge in [0.25, 0.3) is 5.91 Å². The maximum atomic E-state index is 14.8. The fourth-order valence-electron chi connectivity index (χ4n) is 3.54. The van der Waals surface area contributed by atoms with Crippen LogP contribution in [0.15, 0.2) is 42.6 Å². The maximum Gasteiger partial charge on any atom is 0.275 e. The second-order valence-electron chi connectivity index (χ2n) is 7.94. The molecule has 1 aliphatic carbocycles. The number of amides is 2. The van der Waals surface area contributed by atoms with Crippen LogP contribution >= 0.6 is 0 Å². The van der Waals surface area contributed by atoms with Crippen LogP contribution < -0.4 is 15.1 Å². The molecular weight excluding hydrogens is 413 g/mol. The predicted molar refractivity (Wildman–Crippen MR) is 118 cm³/mol. The summed E-state index contributed by atoms with van der Waals surface area (Å²) in [6, 6.07) is 9.47. The van der Waals surface area contributed by atoms with Crippen LogP contribution in [0.5, 0.6) is 11.5 Å². The van der Waals surface area contributed by atoms with Crippen molar-refractivity contribution in [3.8, 4) is 11.5 Å². The number of rotatable bonds is 7. The van der Waals surface area contributed by atoms with Crippen molar-refractivity contribution in [3.63, 3.8) is 0 Å². The smallest absolute Gasteiger partial charge is 0.275 e. The highest BCUT2D eigenvalue weighted by Crippen LogP contribution is 2.35. The van der Waals surface area contributed by atoms with Gasteiger partial charge >= 0.3 is 0 Å². The summed E-state index contributed by atoms with van der Waals surface area (Å²) < 4.78 is 20.7. The van der Waals surface area contributed by atoms with Gasteiger partial charge < -0.3 is 9.64 Å². The van der Waals surface area contributed by atoms with Crippen molar-refractivity contribution in [2.24, 2.45) is 5.92 Å². The number of aryl methyl sites for hydroxylation is 1. The van der Waals surface area contributed by atoms with Crippen LogP contribution in [0.4, 0.5) is 10.1 Å². The fourth-order valence-corrected chi connectivity index (χ4v) is 3.54. The number of anilines is 1. The number of carbonyl (C=O) groups excluding carboxylic acids is 2. The molecule has 0 atom stereocenters. The van der Waals surface area contributed by atoms with Crippen molar-refractivity contribution < 1.29 is 23.6 Å². The molecule has 2 aromatic carbocycles. The number of nitrogens with zero attached hydrogens (tertiary/aromatic N) is 2. The molecule has 0 radical (unpaired) electrons. The fraction of sp³-hybridized carbons (Fsp3) is 0.292. The summed E-state index contributed by atoms with van der Waals surface area (Å²) in [4.78, 5) is 35.0. The molecule has 7 nitrogen and oxygen atoms in total. The molecular formula is C24H24FN3O4. The number of pyridine rings is 1. The quantitative estimate of drug-likeness (QED) is 0.550. The van der Waals surface area contributed by atoms with Crippen LogP contribution in [0.2, 0.25) is 0 Å². The summed E-state index contributed by atoms with van der Waals surface area (Å²) in [6.45, 7) is 1.80. The number of aromatic nitrogens is 1. The van der Waals surface area contributed by atoms with Gasteiger partial charge in [0, 0.05) is 36.7 Å². The van der Waals surface area contributed by atoms with Crippen molar-refractivity contribution in [2.45, 2.75) is 26.2 Å². The van der Waals surface area contributed by atoms with Crippen molar-refractivity contribution in [1.82, 2.24) is 10.5 Å². The second-order valence-corrected chi connectivity index (χ2v) is 7.94. The molecule has 1 aliphatic rings. The minimum absolute atomic E-state index is 0.0996. The maximum absolute atomic E-state index is 14.8. The van der Waals surface area contributed by atoms with Gasteiger partial charge in [0.1, 0.15) is 11.5 Å². The third kappa shape index (κ3) is 4.55. The number of hydroxylamine groups is 1. The van der Waals surface area contributed by atoms with Gasteiger partial charge in [-0.3, -0.25) is 19.4 Å². The van der Waals surface area contributed by atoms with Gasteiger partial charge in [0.15, 0.2) is 5.82 Å². The number of carbonyl (C=O) groups is 2. The molecule has 0 aliphatic heterocycles. The highest BCUT2D eigenvalue weighted by molar-refractivity contribution is 6.00. The lowest BCUT2D eigenvalue weighted by atomic mass is 10.0. The molecule has 3 aromatic rings. The number of fused-ring (bicyclic) bond motifs is 1. The van der Waals surface area contributed by atoms with E-state index in [4.69, 9.17) is 9.57 Å². The van der Waals surface area contributed by atoms with Crippen molar-refractivity contribution in [1.29, 1.82) is 0 Å². The van der Waals surface area contributed by atoms with Crippen LogP contribution in [0, 0.1) is 18.7 Å². The van der Waals surface area contributed by atoms with E-state index in [1.807, 2.05) is 0 Å². The first kappa shape index (κ1) is 21.7. The molecule has 4 rings (SSSR count). The second kappa shape index (κ2) is 8.92. The van der Waals surface area contributed by atoms with E-state index in [1.54, 1.807) is 44.4 Å². The molecule has 1 aromatic heterocycles. The highest BCUT2D eigenvalue weighted by atomic mass is 19.1. The van der Waals surface area contributed by atoms with Crippen LogP contribution in [0.1, 0.15) is 35.2 Å². The van der Waals surface area contributed by atoms with Gasteiger partial charge in [-0.05, 0) is 61.6 Å². The Morgan fingerprint density at radius 2 is 2.00 bits per heavy atom. The molecule has 1 saturated carbocycles. The Balaban J connectivity index is 1.61. The summed E-state index contributed by atoms with van der Waals surface area (Å²) >= 11 is 0. The van der Waals surface area contributed by atoms with Crippen LogP contribution in [-0.4, -0.2) is 31.0 Å². The number of benzene rings is 2. The number of ether oxygens (including phenoxy) is 1.